The Morgan fingerprint density at radius 3 is 2.77 bits per heavy atom. The number of hydrogen-bond donors (Lipinski definition) is 0. The van der Waals surface area contributed by atoms with E-state index < -0.39 is 0 Å². The summed E-state index contributed by atoms with van der Waals surface area (Å²) in [6.07, 6.45) is 2.15. The van der Waals surface area contributed by atoms with E-state index in [0.717, 1.165) is 36.4 Å². The molecule has 7 heteroatoms. The van der Waals surface area contributed by atoms with E-state index in [4.69, 9.17) is 16.1 Å². The normalized spacial score (nSPS) is 15.3. The summed E-state index contributed by atoms with van der Waals surface area (Å²) in [4.78, 5) is 20.0. The fraction of sp³-hybridized carbons (Fsp3) is 0.316. The Labute approximate surface area is 160 Å². The Bertz CT molecular complexity index is 886. The molecule has 0 saturated carbocycles. The quantitative estimate of drug-likeness (QED) is 0.665. The first kappa shape index (κ1) is 17.2. The largest absolute Gasteiger partial charge is 0.342 e. The number of carbonyl (C=O) groups is 1. The third-order valence-corrected chi connectivity index (χ3v) is 5.86. The van der Waals surface area contributed by atoms with Gasteiger partial charge in [0.1, 0.15) is 0 Å². The van der Waals surface area contributed by atoms with Gasteiger partial charge >= 0.3 is 0 Å². The van der Waals surface area contributed by atoms with E-state index >= 15 is 0 Å². The molecule has 3 aromatic rings. The van der Waals surface area contributed by atoms with Crippen LogP contribution in [-0.4, -0.2) is 34.0 Å². The fourth-order valence-corrected chi connectivity index (χ4v) is 4.12. The Balaban J connectivity index is 1.38. The highest BCUT2D eigenvalue weighted by Gasteiger charge is 2.28. The van der Waals surface area contributed by atoms with Crippen molar-refractivity contribution in [2.24, 2.45) is 0 Å². The van der Waals surface area contributed by atoms with Crippen LogP contribution in [0.25, 0.3) is 11.4 Å². The summed E-state index contributed by atoms with van der Waals surface area (Å²) in [7, 11) is 0. The Kier molecular flexibility index (Phi) is 5.04. The first-order valence-electron chi connectivity index (χ1n) is 8.59. The maximum Gasteiger partial charge on any atom is 0.230 e. The number of amides is 1. The lowest BCUT2D eigenvalue weighted by atomic mass is 9.96. The molecule has 0 atom stereocenters. The number of nitrogens with zero attached hydrogens (tertiary/aromatic N) is 3. The van der Waals surface area contributed by atoms with Crippen molar-refractivity contribution < 1.29 is 9.32 Å². The molecule has 1 amide bonds. The lowest BCUT2D eigenvalue weighted by molar-refractivity contribution is -0.131. The van der Waals surface area contributed by atoms with E-state index in [1.807, 2.05) is 46.7 Å². The van der Waals surface area contributed by atoms with Gasteiger partial charge in [-0.15, -0.1) is 11.3 Å². The highest BCUT2D eigenvalue weighted by molar-refractivity contribution is 7.10. The van der Waals surface area contributed by atoms with Crippen molar-refractivity contribution in [3.05, 3.63) is 57.6 Å². The molecule has 3 heterocycles. The first-order valence-corrected chi connectivity index (χ1v) is 9.85. The number of likely N-dealkylation sites (tertiary alicyclic amines) is 1. The van der Waals surface area contributed by atoms with Gasteiger partial charge in [0.05, 0.1) is 11.4 Å². The van der Waals surface area contributed by atoms with E-state index in [2.05, 4.69) is 10.1 Å². The van der Waals surface area contributed by atoms with Gasteiger partial charge in [0, 0.05) is 29.4 Å². The smallest absolute Gasteiger partial charge is 0.230 e. The molecule has 0 N–H and O–H groups in total. The van der Waals surface area contributed by atoms with E-state index in [9.17, 15) is 4.79 Å². The number of aromatic nitrogens is 2. The summed E-state index contributed by atoms with van der Waals surface area (Å²) in [6, 6.07) is 11.4. The second-order valence-electron chi connectivity index (χ2n) is 6.35. The van der Waals surface area contributed by atoms with Gasteiger partial charge in [0.15, 0.2) is 0 Å². The Morgan fingerprint density at radius 2 is 2.04 bits per heavy atom. The first-order chi connectivity index (χ1) is 12.7. The molecular formula is C19H18ClN3O2S. The molecule has 134 valence electrons. The second-order valence-corrected chi connectivity index (χ2v) is 7.79. The third-order valence-electron chi connectivity index (χ3n) is 4.66. The van der Waals surface area contributed by atoms with Crippen LogP contribution in [0.4, 0.5) is 0 Å². The average molecular weight is 388 g/mol. The molecule has 1 fully saturated rings. The van der Waals surface area contributed by atoms with Crippen LogP contribution in [0, 0.1) is 0 Å². The van der Waals surface area contributed by atoms with Gasteiger partial charge < -0.3 is 9.42 Å². The average Bonchev–Trinajstić information content (AvgIpc) is 3.34. The molecule has 0 bridgehead atoms. The fourth-order valence-electron chi connectivity index (χ4n) is 3.20. The maximum absolute atomic E-state index is 12.4. The molecular weight excluding hydrogens is 370 g/mol. The number of thiophene rings is 1. The summed E-state index contributed by atoms with van der Waals surface area (Å²) in [6.45, 7) is 1.44. The van der Waals surface area contributed by atoms with Gasteiger partial charge in [-0.1, -0.05) is 35.0 Å². The molecule has 1 saturated heterocycles. The van der Waals surface area contributed by atoms with E-state index in [-0.39, 0.29) is 11.8 Å². The topological polar surface area (TPSA) is 59.2 Å². The summed E-state index contributed by atoms with van der Waals surface area (Å²) >= 11 is 7.82. The van der Waals surface area contributed by atoms with Crippen molar-refractivity contribution in [3.8, 4) is 11.4 Å². The van der Waals surface area contributed by atoms with Crippen LogP contribution in [0.1, 0.15) is 29.5 Å². The molecule has 0 unspecified atom stereocenters. The maximum atomic E-state index is 12.4. The molecule has 1 aliphatic rings. The molecule has 26 heavy (non-hydrogen) atoms. The van der Waals surface area contributed by atoms with Crippen molar-refractivity contribution in [2.45, 2.75) is 25.2 Å². The number of rotatable bonds is 4. The summed E-state index contributed by atoms with van der Waals surface area (Å²) in [5, 5.41) is 6.68. The minimum absolute atomic E-state index is 0.185. The van der Waals surface area contributed by atoms with Gasteiger partial charge in [-0.05, 0) is 36.4 Å². The zero-order valence-electron chi connectivity index (χ0n) is 14.1. The number of halogens is 1. The highest BCUT2D eigenvalue weighted by Crippen LogP contribution is 2.30. The van der Waals surface area contributed by atoms with Gasteiger partial charge in [-0.2, -0.15) is 4.98 Å². The minimum atomic E-state index is 0.185. The van der Waals surface area contributed by atoms with Crippen LogP contribution in [-0.2, 0) is 11.2 Å². The second kappa shape index (κ2) is 7.60. The van der Waals surface area contributed by atoms with E-state index in [1.165, 1.54) is 0 Å². The highest BCUT2D eigenvalue weighted by atomic mass is 35.5. The van der Waals surface area contributed by atoms with Crippen LogP contribution in [0.3, 0.4) is 0 Å². The van der Waals surface area contributed by atoms with Crippen molar-refractivity contribution in [2.75, 3.05) is 13.1 Å². The predicted octanol–water partition coefficient (Wildman–Crippen LogP) is 4.40. The van der Waals surface area contributed by atoms with E-state index in [0.29, 0.717) is 23.2 Å². The van der Waals surface area contributed by atoms with Crippen LogP contribution in [0.15, 0.2) is 46.3 Å². The molecule has 4 rings (SSSR count). The molecule has 1 aromatic carbocycles. The molecule has 0 spiro atoms. The van der Waals surface area contributed by atoms with E-state index in [1.54, 1.807) is 11.3 Å². The zero-order valence-corrected chi connectivity index (χ0v) is 15.7. The van der Waals surface area contributed by atoms with Crippen molar-refractivity contribution >= 4 is 28.8 Å². The SMILES string of the molecule is O=C(Cc1cccs1)N1CCC(c2nc(-c3ccccc3Cl)no2)CC1. The molecule has 2 aromatic heterocycles. The van der Waals surface area contributed by atoms with Crippen LogP contribution < -0.4 is 0 Å². The monoisotopic (exact) mass is 387 g/mol. The molecule has 5 nitrogen and oxygen atoms in total. The van der Waals surface area contributed by atoms with Gasteiger partial charge in [0.2, 0.25) is 17.6 Å². The van der Waals surface area contributed by atoms with Crippen LogP contribution >= 0.6 is 22.9 Å². The van der Waals surface area contributed by atoms with Gasteiger partial charge in [-0.25, -0.2) is 0 Å². The van der Waals surface area contributed by atoms with Gasteiger partial charge in [0.25, 0.3) is 0 Å². The zero-order chi connectivity index (χ0) is 17.9. The van der Waals surface area contributed by atoms with Crippen molar-refractivity contribution in [3.63, 3.8) is 0 Å². The van der Waals surface area contributed by atoms with Gasteiger partial charge in [-0.3, -0.25) is 4.79 Å². The molecule has 1 aliphatic heterocycles. The summed E-state index contributed by atoms with van der Waals surface area (Å²) in [5.41, 5.74) is 0.771. The summed E-state index contributed by atoms with van der Waals surface area (Å²) in [5.74, 6) is 1.52. The number of hydrogen-bond acceptors (Lipinski definition) is 5. The minimum Gasteiger partial charge on any atom is -0.342 e. The summed E-state index contributed by atoms with van der Waals surface area (Å²) < 4.78 is 5.47. The Hall–Kier alpha value is -2.18. The van der Waals surface area contributed by atoms with Crippen LogP contribution in [0.5, 0.6) is 0 Å². The number of carbonyl (C=O) groups excluding carboxylic acids is 1. The Morgan fingerprint density at radius 1 is 1.23 bits per heavy atom. The number of benzene rings is 1. The third kappa shape index (κ3) is 3.66. The standard InChI is InChI=1S/C19H18ClN3O2S/c20-16-6-2-1-5-15(16)18-21-19(25-22-18)13-7-9-23(10-8-13)17(24)12-14-4-3-11-26-14/h1-6,11,13H,7-10,12H2. The molecule has 0 aliphatic carbocycles. The van der Waals surface area contributed by atoms with Crippen molar-refractivity contribution in [1.29, 1.82) is 0 Å². The predicted molar refractivity (Wildman–Crippen MR) is 101 cm³/mol. The molecule has 0 radical (unpaired) electrons. The lowest BCUT2D eigenvalue weighted by Gasteiger charge is -2.30. The number of piperidine rings is 1. The van der Waals surface area contributed by atoms with Crippen molar-refractivity contribution in [1.82, 2.24) is 15.0 Å². The lowest BCUT2D eigenvalue weighted by Crippen LogP contribution is -2.38. The van der Waals surface area contributed by atoms with Crippen LogP contribution in [0.2, 0.25) is 5.02 Å².